The Labute approximate surface area is 177 Å². The molecule has 0 aliphatic carbocycles. The van der Waals surface area contributed by atoms with E-state index in [0.717, 1.165) is 35.1 Å². The van der Waals surface area contributed by atoms with Crippen LogP contribution in [0.2, 0.25) is 0 Å². The first kappa shape index (κ1) is 19.9. The van der Waals surface area contributed by atoms with Crippen LogP contribution in [0.5, 0.6) is 0 Å². The second-order valence-electron chi connectivity index (χ2n) is 7.21. The van der Waals surface area contributed by atoms with Crippen molar-refractivity contribution in [3.63, 3.8) is 0 Å². The number of aromatic amines is 1. The zero-order valence-corrected chi connectivity index (χ0v) is 17.8. The minimum atomic E-state index is -0.226. The molecule has 4 rings (SSSR count). The summed E-state index contributed by atoms with van der Waals surface area (Å²) in [4.78, 5) is 15.1. The number of urea groups is 1. The average molecular weight is 458 g/mol. The van der Waals surface area contributed by atoms with Gasteiger partial charge in [0.1, 0.15) is 10.1 Å². The van der Waals surface area contributed by atoms with Crippen molar-refractivity contribution in [2.45, 2.75) is 12.0 Å². The molecule has 1 unspecified atom stereocenters. The SMILES string of the molecule is COCCN1CC(NC(=O)Nc2cccc3c(Br)[nH]nc23)[C@H](c2ccccc2)C1. The quantitative estimate of drug-likeness (QED) is 0.528. The lowest BCUT2D eigenvalue weighted by atomic mass is 9.94. The van der Waals surface area contributed by atoms with Crippen molar-refractivity contribution >= 4 is 38.6 Å². The van der Waals surface area contributed by atoms with Gasteiger partial charge < -0.3 is 15.4 Å². The number of hydrogen-bond acceptors (Lipinski definition) is 4. The van der Waals surface area contributed by atoms with Crippen molar-refractivity contribution in [2.24, 2.45) is 0 Å². The van der Waals surface area contributed by atoms with Crippen LogP contribution in [0.4, 0.5) is 10.5 Å². The van der Waals surface area contributed by atoms with Crippen LogP contribution < -0.4 is 10.6 Å². The maximum atomic E-state index is 12.8. The van der Waals surface area contributed by atoms with Crippen LogP contribution in [-0.4, -0.2) is 60.5 Å². The van der Waals surface area contributed by atoms with Crippen molar-refractivity contribution < 1.29 is 9.53 Å². The summed E-state index contributed by atoms with van der Waals surface area (Å²) in [5, 5.41) is 14.2. The standard InChI is InChI=1S/C21H24BrN5O2/c1-29-11-10-27-12-16(14-6-3-2-4-7-14)18(13-27)24-21(28)23-17-9-5-8-15-19(17)25-26-20(15)22/h2-9,16,18H,10-13H2,1H3,(H,25,26)(H2,23,24,28)/t16-,18?/m0/s1. The zero-order chi connectivity index (χ0) is 20.2. The van der Waals surface area contributed by atoms with E-state index in [4.69, 9.17) is 4.74 Å². The summed E-state index contributed by atoms with van der Waals surface area (Å²) in [5.74, 6) is 0.231. The van der Waals surface area contributed by atoms with E-state index in [2.05, 4.69) is 53.8 Å². The van der Waals surface area contributed by atoms with Gasteiger partial charge in [0.05, 0.1) is 18.3 Å². The molecule has 29 heavy (non-hydrogen) atoms. The molecule has 3 N–H and O–H groups in total. The Hall–Kier alpha value is -2.42. The molecule has 1 aliphatic rings. The highest BCUT2D eigenvalue weighted by Gasteiger charge is 2.34. The van der Waals surface area contributed by atoms with Gasteiger partial charge in [0.25, 0.3) is 0 Å². The predicted octanol–water partition coefficient (Wildman–Crippen LogP) is 3.56. The van der Waals surface area contributed by atoms with E-state index in [1.54, 1.807) is 7.11 Å². The molecule has 1 fully saturated rings. The number of carbonyl (C=O) groups excluding carboxylic acids is 1. The molecule has 1 saturated heterocycles. The molecular formula is C21H24BrN5O2. The van der Waals surface area contributed by atoms with Crippen LogP contribution in [0.3, 0.4) is 0 Å². The van der Waals surface area contributed by atoms with E-state index >= 15 is 0 Å². The van der Waals surface area contributed by atoms with Gasteiger partial charge in [-0.05, 0) is 33.6 Å². The molecule has 152 valence electrons. The molecule has 2 atom stereocenters. The Morgan fingerprint density at radius 3 is 2.86 bits per heavy atom. The van der Waals surface area contributed by atoms with E-state index in [-0.39, 0.29) is 18.0 Å². The van der Waals surface area contributed by atoms with E-state index in [1.165, 1.54) is 5.56 Å². The van der Waals surface area contributed by atoms with Crippen molar-refractivity contribution in [3.05, 3.63) is 58.7 Å². The van der Waals surface area contributed by atoms with E-state index in [1.807, 2.05) is 36.4 Å². The predicted molar refractivity (Wildman–Crippen MR) is 117 cm³/mol. The highest BCUT2D eigenvalue weighted by atomic mass is 79.9. The largest absolute Gasteiger partial charge is 0.383 e. The molecule has 0 spiro atoms. The van der Waals surface area contributed by atoms with Gasteiger partial charge in [-0.25, -0.2) is 4.79 Å². The van der Waals surface area contributed by atoms with Gasteiger partial charge in [0.15, 0.2) is 0 Å². The number of halogens is 1. The van der Waals surface area contributed by atoms with E-state index in [0.29, 0.717) is 12.3 Å². The van der Waals surface area contributed by atoms with Crippen molar-refractivity contribution in [1.29, 1.82) is 0 Å². The van der Waals surface area contributed by atoms with E-state index < -0.39 is 0 Å². The first-order chi connectivity index (χ1) is 14.2. The number of amides is 2. The van der Waals surface area contributed by atoms with Crippen LogP contribution in [0, 0.1) is 0 Å². The Balaban J connectivity index is 1.48. The third-order valence-electron chi connectivity index (χ3n) is 5.34. The highest BCUT2D eigenvalue weighted by molar-refractivity contribution is 9.10. The number of benzene rings is 2. The summed E-state index contributed by atoms with van der Waals surface area (Å²) < 4.78 is 6.02. The smallest absolute Gasteiger partial charge is 0.319 e. The molecule has 1 aliphatic heterocycles. The lowest BCUT2D eigenvalue weighted by molar-refractivity contribution is 0.159. The average Bonchev–Trinajstić information content (AvgIpc) is 3.31. The first-order valence-electron chi connectivity index (χ1n) is 9.62. The zero-order valence-electron chi connectivity index (χ0n) is 16.2. The minimum absolute atomic E-state index is 0.0133. The van der Waals surface area contributed by atoms with Crippen LogP contribution in [0.1, 0.15) is 11.5 Å². The molecule has 1 aromatic heterocycles. The first-order valence-corrected chi connectivity index (χ1v) is 10.4. The van der Waals surface area contributed by atoms with Crippen molar-refractivity contribution in [2.75, 3.05) is 38.7 Å². The molecule has 2 heterocycles. The maximum absolute atomic E-state index is 12.8. The van der Waals surface area contributed by atoms with Gasteiger partial charge in [-0.3, -0.25) is 10.00 Å². The summed E-state index contributed by atoms with van der Waals surface area (Å²) in [6, 6.07) is 15.8. The fraction of sp³-hybridized carbons (Fsp3) is 0.333. The number of para-hydroxylation sites is 1. The van der Waals surface area contributed by atoms with Crippen molar-refractivity contribution in [1.82, 2.24) is 20.4 Å². The third kappa shape index (κ3) is 4.44. The van der Waals surface area contributed by atoms with Crippen LogP contribution in [0.25, 0.3) is 10.9 Å². The number of anilines is 1. The number of likely N-dealkylation sites (tertiary alicyclic amines) is 1. The summed E-state index contributed by atoms with van der Waals surface area (Å²) in [6.07, 6.45) is 0. The number of aromatic nitrogens is 2. The fourth-order valence-electron chi connectivity index (χ4n) is 3.91. The Morgan fingerprint density at radius 2 is 2.07 bits per heavy atom. The van der Waals surface area contributed by atoms with Crippen LogP contribution >= 0.6 is 15.9 Å². The lowest BCUT2D eigenvalue weighted by Crippen LogP contribution is -2.42. The lowest BCUT2D eigenvalue weighted by Gasteiger charge is -2.20. The molecular weight excluding hydrogens is 434 g/mol. The molecule has 2 aromatic carbocycles. The monoisotopic (exact) mass is 457 g/mol. The van der Waals surface area contributed by atoms with Gasteiger partial charge in [0, 0.05) is 38.0 Å². The normalized spacial score (nSPS) is 19.5. The molecule has 0 radical (unpaired) electrons. The number of carbonyl (C=O) groups is 1. The van der Waals surface area contributed by atoms with Crippen molar-refractivity contribution in [3.8, 4) is 0 Å². The summed E-state index contributed by atoms with van der Waals surface area (Å²) >= 11 is 3.44. The number of nitrogens with zero attached hydrogens (tertiary/aromatic N) is 2. The molecule has 3 aromatic rings. The Kier molecular flexibility index (Phi) is 6.13. The molecule has 7 nitrogen and oxygen atoms in total. The molecule has 2 amide bonds. The number of methoxy groups -OCH3 is 1. The third-order valence-corrected chi connectivity index (χ3v) is 5.94. The van der Waals surface area contributed by atoms with Gasteiger partial charge in [-0.1, -0.05) is 36.4 Å². The Morgan fingerprint density at radius 1 is 1.24 bits per heavy atom. The topological polar surface area (TPSA) is 82.3 Å². The fourth-order valence-corrected chi connectivity index (χ4v) is 4.32. The summed E-state index contributed by atoms with van der Waals surface area (Å²) in [6.45, 7) is 3.20. The summed E-state index contributed by atoms with van der Waals surface area (Å²) in [7, 11) is 1.71. The second kappa shape index (κ2) is 8.94. The van der Waals surface area contributed by atoms with Gasteiger partial charge in [-0.15, -0.1) is 0 Å². The number of fused-ring (bicyclic) bond motifs is 1. The molecule has 0 saturated carbocycles. The van der Waals surface area contributed by atoms with Gasteiger partial charge >= 0.3 is 6.03 Å². The van der Waals surface area contributed by atoms with Gasteiger partial charge in [-0.2, -0.15) is 5.10 Å². The van der Waals surface area contributed by atoms with Gasteiger partial charge in [0.2, 0.25) is 0 Å². The van der Waals surface area contributed by atoms with Crippen LogP contribution in [-0.2, 0) is 4.74 Å². The number of H-pyrrole nitrogens is 1. The Bertz CT molecular complexity index is 978. The number of ether oxygens (including phenoxy) is 1. The van der Waals surface area contributed by atoms with Crippen LogP contribution in [0.15, 0.2) is 53.1 Å². The minimum Gasteiger partial charge on any atom is -0.383 e. The molecule has 8 heteroatoms. The highest BCUT2D eigenvalue weighted by Crippen LogP contribution is 2.29. The number of hydrogen-bond donors (Lipinski definition) is 3. The second-order valence-corrected chi connectivity index (χ2v) is 8.01. The summed E-state index contributed by atoms with van der Waals surface area (Å²) in [5.41, 5.74) is 2.63. The molecule has 0 bridgehead atoms. The van der Waals surface area contributed by atoms with E-state index in [9.17, 15) is 4.79 Å². The number of nitrogens with one attached hydrogen (secondary N) is 3. The number of rotatable bonds is 6. The maximum Gasteiger partial charge on any atom is 0.319 e.